The normalized spacial score (nSPS) is 21.7. The van der Waals surface area contributed by atoms with Crippen molar-refractivity contribution >= 4 is 5.82 Å². The Morgan fingerprint density at radius 1 is 1.11 bits per heavy atom. The van der Waals surface area contributed by atoms with Gasteiger partial charge in [0.1, 0.15) is 5.82 Å². The van der Waals surface area contributed by atoms with E-state index in [0.717, 1.165) is 69.7 Å². The summed E-state index contributed by atoms with van der Waals surface area (Å²) in [7, 11) is 2.06. The van der Waals surface area contributed by atoms with Crippen LogP contribution < -0.4 is 4.90 Å². The predicted octanol–water partition coefficient (Wildman–Crippen LogP) is 3.54. The highest BCUT2D eigenvalue weighted by Gasteiger charge is 2.30. The molecule has 0 unspecified atom stereocenters. The molecule has 0 N–H and O–H groups in total. The van der Waals surface area contributed by atoms with Crippen LogP contribution in [-0.4, -0.2) is 53.4 Å². The average Bonchev–Trinajstić information content (AvgIpc) is 3.25. The molecule has 152 valence electrons. The van der Waals surface area contributed by atoms with Crippen LogP contribution in [0.15, 0.2) is 22.7 Å². The molecule has 2 aliphatic heterocycles. The molecule has 2 fully saturated rings. The third kappa shape index (κ3) is 4.36. The summed E-state index contributed by atoms with van der Waals surface area (Å²) in [5, 5.41) is 8.81. The van der Waals surface area contributed by atoms with E-state index < -0.39 is 0 Å². The molecule has 0 amide bonds. The molecule has 4 rings (SSSR count). The zero-order valence-corrected chi connectivity index (χ0v) is 17.0. The standard InChI is InChI=1S/C21H31N5O2/c1-3-25(2)19-8-7-16(14-22-19)15-26-11-5-4-6-18(26)21-24-23-20(28-21)17-9-12-27-13-10-17/h7-8,14,17-18H,3-6,9-13,15H2,1-2H3/t18-/m0/s1. The molecule has 0 aliphatic carbocycles. The van der Waals surface area contributed by atoms with E-state index in [0.29, 0.717) is 5.92 Å². The first kappa shape index (κ1) is 19.3. The van der Waals surface area contributed by atoms with Crippen LogP contribution in [0.5, 0.6) is 0 Å². The van der Waals surface area contributed by atoms with Gasteiger partial charge in [0.25, 0.3) is 0 Å². The van der Waals surface area contributed by atoms with Gasteiger partial charge in [0.05, 0.1) is 6.04 Å². The molecule has 0 bridgehead atoms. The number of hydrogen-bond acceptors (Lipinski definition) is 7. The minimum absolute atomic E-state index is 0.202. The number of pyridine rings is 1. The fourth-order valence-corrected chi connectivity index (χ4v) is 4.08. The van der Waals surface area contributed by atoms with Crippen molar-refractivity contribution in [2.45, 2.75) is 57.5 Å². The van der Waals surface area contributed by atoms with Crippen molar-refractivity contribution in [3.05, 3.63) is 35.7 Å². The first-order valence-electron chi connectivity index (χ1n) is 10.6. The van der Waals surface area contributed by atoms with E-state index in [1.54, 1.807) is 0 Å². The van der Waals surface area contributed by atoms with Gasteiger partial charge in [-0.1, -0.05) is 12.5 Å². The van der Waals surface area contributed by atoms with Crippen LogP contribution in [0.2, 0.25) is 0 Å². The number of piperidine rings is 1. The maximum atomic E-state index is 6.15. The highest BCUT2D eigenvalue weighted by atomic mass is 16.5. The van der Waals surface area contributed by atoms with Gasteiger partial charge < -0.3 is 14.1 Å². The second-order valence-electron chi connectivity index (χ2n) is 7.89. The molecule has 0 saturated carbocycles. The number of aromatic nitrogens is 3. The SMILES string of the molecule is CCN(C)c1ccc(CN2CCCC[C@H]2c2nnc(C3CCOCC3)o2)cn1. The highest BCUT2D eigenvalue weighted by molar-refractivity contribution is 5.38. The Labute approximate surface area is 167 Å². The number of anilines is 1. The van der Waals surface area contributed by atoms with Gasteiger partial charge in [0.2, 0.25) is 11.8 Å². The van der Waals surface area contributed by atoms with E-state index in [9.17, 15) is 0 Å². The highest BCUT2D eigenvalue weighted by Crippen LogP contribution is 2.33. The van der Waals surface area contributed by atoms with Gasteiger partial charge in [0, 0.05) is 45.5 Å². The van der Waals surface area contributed by atoms with Crippen LogP contribution in [0, 0.1) is 0 Å². The first-order valence-corrected chi connectivity index (χ1v) is 10.6. The van der Waals surface area contributed by atoms with E-state index in [1.807, 2.05) is 6.20 Å². The number of nitrogens with zero attached hydrogens (tertiary/aromatic N) is 5. The lowest BCUT2D eigenvalue weighted by Crippen LogP contribution is -2.33. The van der Waals surface area contributed by atoms with Gasteiger partial charge in [0.15, 0.2) is 0 Å². The van der Waals surface area contributed by atoms with Crippen molar-refractivity contribution in [1.29, 1.82) is 0 Å². The number of rotatable bonds is 6. The summed E-state index contributed by atoms with van der Waals surface area (Å²) in [6, 6.07) is 4.49. The number of hydrogen-bond donors (Lipinski definition) is 0. The summed E-state index contributed by atoms with van der Waals surface area (Å²) >= 11 is 0. The van der Waals surface area contributed by atoms with Gasteiger partial charge in [-0.05, 0) is 50.8 Å². The number of likely N-dealkylation sites (tertiary alicyclic amines) is 1. The minimum atomic E-state index is 0.202. The van der Waals surface area contributed by atoms with Crippen LogP contribution in [-0.2, 0) is 11.3 Å². The lowest BCUT2D eigenvalue weighted by molar-refractivity contribution is 0.0768. The van der Waals surface area contributed by atoms with Crippen molar-refractivity contribution in [3.8, 4) is 0 Å². The number of ether oxygens (including phenoxy) is 1. The Morgan fingerprint density at radius 3 is 2.68 bits per heavy atom. The molecule has 4 heterocycles. The zero-order valence-electron chi connectivity index (χ0n) is 17.0. The minimum Gasteiger partial charge on any atom is -0.423 e. The maximum absolute atomic E-state index is 6.15. The molecule has 2 aromatic rings. The summed E-state index contributed by atoms with van der Waals surface area (Å²) in [4.78, 5) is 9.22. The Balaban J connectivity index is 1.45. The van der Waals surface area contributed by atoms with E-state index in [1.165, 1.54) is 18.4 Å². The Kier molecular flexibility index (Phi) is 6.22. The van der Waals surface area contributed by atoms with Crippen LogP contribution in [0.4, 0.5) is 5.82 Å². The van der Waals surface area contributed by atoms with Gasteiger partial charge in [-0.3, -0.25) is 4.90 Å². The van der Waals surface area contributed by atoms with Crippen LogP contribution >= 0.6 is 0 Å². The summed E-state index contributed by atoms with van der Waals surface area (Å²) < 4.78 is 11.6. The second kappa shape index (κ2) is 9.01. The van der Waals surface area contributed by atoms with Gasteiger partial charge in [-0.2, -0.15) is 0 Å². The van der Waals surface area contributed by atoms with Crippen molar-refractivity contribution in [2.24, 2.45) is 0 Å². The van der Waals surface area contributed by atoms with Gasteiger partial charge >= 0.3 is 0 Å². The molecule has 2 aliphatic rings. The molecular formula is C21H31N5O2. The largest absolute Gasteiger partial charge is 0.423 e. The van der Waals surface area contributed by atoms with E-state index in [4.69, 9.17) is 9.15 Å². The molecule has 2 saturated heterocycles. The molecule has 0 radical (unpaired) electrons. The van der Waals surface area contributed by atoms with E-state index >= 15 is 0 Å². The first-order chi connectivity index (χ1) is 13.7. The molecule has 0 spiro atoms. The third-order valence-electron chi connectivity index (χ3n) is 5.99. The Bertz CT molecular complexity index is 742. The fourth-order valence-electron chi connectivity index (χ4n) is 4.08. The lowest BCUT2D eigenvalue weighted by Gasteiger charge is -2.33. The summed E-state index contributed by atoms with van der Waals surface area (Å²) in [6.45, 7) is 6.57. The van der Waals surface area contributed by atoms with Crippen LogP contribution in [0.25, 0.3) is 0 Å². The Morgan fingerprint density at radius 2 is 1.93 bits per heavy atom. The second-order valence-corrected chi connectivity index (χ2v) is 7.89. The molecule has 2 aromatic heterocycles. The van der Waals surface area contributed by atoms with Gasteiger partial charge in [-0.15, -0.1) is 10.2 Å². The van der Waals surface area contributed by atoms with Crippen LogP contribution in [0.1, 0.15) is 68.3 Å². The summed E-state index contributed by atoms with van der Waals surface area (Å²) in [5.74, 6) is 2.92. The Hall–Kier alpha value is -1.99. The topological polar surface area (TPSA) is 67.5 Å². The summed E-state index contributed by atoms with van der Waals surface area (Å²) in [5.41, 5.74) is 1.23. The molecule has 7 heteroatoms. The zero-order chi connectivity index (χ0) is 19.3. The van der Waals surface area contributed by atoms with Crippen molar-refractivity contribution < 1.29 is 9.15 Å². The molecule has 7 nitrogen and oxygen atoms in total. The molecular weight excluding hydrogens is 354 g/mol. The monoisotopic (exact) mass is 385 g/mol. The predicted molar refractivity (Wildman–Crippen MR) is 107 cm³/mol. The maximum Gasteiger partial charge on any atom is 0.233 e. The molecule has 1 atom stereocenters. The van der Waals surface area contributed by atoms with Crippen LogP contribution in [0.3, 0.4) is 0 Å². The summed E-state index contributed by atoms with van der Waals surface area (Å²) in [6.07, 6.45) is 7.42. The van der Waals surface area contributed by atoms with E-state index in [2.05, 4.69) is 51.1 Å². The van der Waals surface area contributed by atoms with Crippen molar-refractivity contribution in [2.75, 3.05) is 38.3 Å². The van der Waals surface area contributed by atoms with Gasteiger partial charge in [-0.25, -0.2) is 4.98 Å². The average molecular weight is 386 g/mol. The quantitative estimate of drug-likeness (QED) is 0.753. The lowest BCUT2D eigenvalue weighted by atomic mass is 10.0. The fraction of sp³-hybridized carbons (Fsp3) is 0.667. The van der Waals surface area contributed by atoms with E-state index in [-0.39, 0.29) is 6.04 Å². The van der Waals surface area contributed by atoms with Crippen molar-refractivity contribution in [3.63, 3.8) is 0 Å². The van der Waals surface area contributed by atoms with Crippen molar-refractivity contribution in [1.82, 2.24) is 20.1 Å². The molecule has 0 aromatic carbocycles. The molecule has 28 heavy (non-hydrogen) atoms. The smallest absolute Gasteiger partial charge is 0.233 e. The third-order valence-corrected chi connectivity index (χ3v) is 5.99.